The predicted octanol–water partition coefficient (Wildman–Crippen LogP) is 4.25. The van der Waals surface area contributed by atoms with Crippen LogP contribution >= 0.6 is 0 Å². The van der Waals surface area contributed by atoms with E-state index in [1.54, 1.807) is 13.0 Å². The summed E-state index contributed by atoms with van der Waals surface area (Å²) in [4.78, 5) is 14.8. The number of rotatable bonds is 4. The van der Waals surface area contributed by atoms with E-state index >= 15 is 0 Å². The lowest BCUT2D eigenvalue weighted by Crippen LogP contribution is -2.44. The van der Waals surface area contributed by atoms with Crippen molar-refractivity contribution in [2.75, 3.05) is 0 Å². The van der Waals surface area contributed by atoms with Crippen LogP contribution in [0.3, 0.4) is 0 Å². The second-order valence-electron chi connectivity index (χ2n) is 6.90. The van der Waals surface area contributed by atoms with Crippen LogP contribution in [0.2, 0.25) is 0 Å². The van der Waals surface area contributed by atoms with Crippen LogP contribution in [-0.4, -0.2) is 29.2 Å². The molecule has 1 aliphatic rings. The van der Waals surface area contributed by atoms with Gasteiger partial charge in [0.25, 0.3) is 0 Å². The minimum absolute atomic E-state index is 0.174. The number of aliphatic carboxylic acids is 1. The van der Waals surface area contributed by atoms with Crippen molar-refractivity contribution >= 4 is 15.8 Å². The molecule has 0 saturated heterocycles. The lowest BCUT2D eigenvalue weighted by Gasteiger charge is -2.26. The van der Waals surface area contributed by atoms with Crippen molar-refractivity contribution < 1.29 is 31.5 Å². The fraction of sp³-hybridized carbons (Fsp3) is 0.368. The zero-order valence-electron chi connectivity index (χ0n) is 15.0. The van der Waals surface area contributed by atoms with Crippen molar-refractivity contribution in [3.05, 3.63) is 47.8 Å². The number of sulfone groups is 1. The first-order valence-electron chi connectivity index (χ1n) is 8.61. The normalized spacial score (nSPS) is 16.9. The van der Waals surface area contributed by atoms with Gasteiger partial charge in [0.05, 0.1) is 10.5 Å². The van der Waals surface area contributed by atoms with Gasteiger partial charge < -0.3 is 5.11 Å². The van der Waals surface area contributed by atoms with Crippen LogP contribution in [0.5, 0.6) is 0 Å². The quantitative estimate of drug-likeness (QED) is 0.810. The summed E-state index contributed by atoms with van der Waals surface area (Å²) in [6, 6.07) is 5.99. The molecule has 1 aromatic carbocycles. The molecule has 1 saturated carbocycles. The van der Waals surface area contributed by atoms with Crippen LogP contribution in [0, 0.1) is 6.92 Å². The number of benzene rings is 1. The third-order valence-corrected chi connectivity index (χ3v) is 7.67. The highest BCUT2D eigenvalue weighted by atomic mass is 32.2. The third-order valence-electron chi connectivity index (χ3n) is 5.12. The Morgan fingerprint density at radius 1 is 1.11 bits per heavy atom. The monoisotopic (exact) mass is 413 g/mol. The van der Waals surface area contributed by atoms with Gasteiger partial charge in [-0.2, -0.15) is 13.2 Å². The summed E-state index contributed by atoms with van der Waals surface area (Å²) < 4.78 is 65.2. The fourth-order valence-corrected chi connectivity index (χ4v) is 5.83. The molecule has 0 unspecified atom stereocenters. The zero-order chi connectivity index (χ0) is 20.7. The number of carboxylic acid groups (broad SMARTS) is 1. The van der Waals surface area contributed by atoms with Crippen molar-refractivity contribution in [3.63, 3.8) is 0 Å². The standard InChI is InChI=1S/C19H18F3NO4S/c1-12-10-14(6-9-23-12)13-4-5-16(15(11-13)19(20,21)22)28(26,27)18(17(24)25)7-2-3-8-18/h4-6,9-11H,2-3,7-8H2,1H3,(H,24,25). The molecule has 1 aliphatic carbocycles. The maximum Gasteiger partial charge on any atom is 0.417 e. The molecule has 0 amide bonds. The van der Waals surface area contributed by atoms with E-state index in [0.29, 0.717) is 24.1 Å². The molecule has 1 N–H and O–H groups in total. The van der Waals surface area contributed by atoms with Gasteiger partial charge in [0.15, 0.2) is 14.6 Å². The summed E-state index contributed by atoms with van der Waals surface area (Å²) in [6.45, 7) is 1.68. The molecule has 5 nitrogen and oxygen atoms in total. The molecule has 0 radical (unpaired) electrons. The van der Waals surface area contributed by atoms with Gasteiger partial charge in [0.1, 0.15) is 0 Å². The first-order chi connectivity index (χ1) is 13.0. The Hall–Kier alpha value is -2.42. The van der Waals surface area contributed by atoms with Gasteiger partial charge in [-0.1, -0.05) is 18.9 Å². The summed E-state index contributed by atoms with van der Waals surface area (Å²) in [7, 11) is -4.75. The largest absolute Gasteiger partial charge is 0.480 e. The van der Waals surface area contributed by atoms with E-state index < -0.39 is 37.2 Å². The molecular weight excluding hydrogens is 395 g/mol. The number of carboxylic acids is 1. The smallest absolute Gasteiger partial charge is 0.417 e. The Morgan fingerprint density at radius 2 is 1.71 bits per heavy atom. The number of hydrogen-bond donors (Lipinski definition) is 1. The van der Waals surface area contributed by atoms with Gasteiger partial charge in [-0.15, -0.1) is 0 Å². The van der Waals surface area contributed by atoms with Crippen LogP contribution < -0.4 is 0 Å². The maximum atomic E-state index is 13.7. The second kappa shape index (κ2) is 6.88. The number of nitrogens with zero attached hydrogens (tertiary/aromatic N) is 1. The molecular formula is C19H18F3NO4S. The molecule has 28 heavy (non-hydrogen) atoms. The van der Waals surface area contributed by atoms with Gasteiger partial charge in [-0.3, -0.25) is 9.78 Å². The Labute approximate surface area is 160 Å². The van der Waals surface area contributed by atoms with Gasteiger partial charge in [0.2, 0.25) is 0 Å². The number of pyridine rings is 1. The topological polar surface area (TPSA) is 84.3 Å². The van der Waals surface area contributed by atoms with Crippen LogP contribution in [-0.2, 0) is 20.8 Å². The van der Waals surface area contributed by atoms with E-state index in [9.17, 15) is 31.5 Å². The van der Waals surface area contributed by atoms with E-state index in [-0.39, 0.29) is 18.4 Å². The average Bonchev–Trinajstić information content (AvgIpc) is 3.12. The van der Waals surface area contributed by atoms with E-state index in [1.165, 1.54) is 18.3 Å². The minimum atomic E-state index is -4.96. The summed E-state index contributed by atoms with van der Waals surface area (Å²) >= 11 is 0. The summed E-state index contributed by atoms with van der Waals surface area (Å²) in [6.07, 6.45) is -3.25. The Bertz CT molecular complexity index is 1030. The van der Waals surface area contributed by atoms with E-state index in [2.05, 4.69) is 4.98 Å². The predicted molar refractivity (Wildman–Crippen MR) is 95.4 cm³/mol. The molecule has 2 aromatic rings. The maximum absolute atomic E-state index is 13.7. The third kappa shape index (κ3) is 3.28. The van der Waals surface area contributed by atoms with Crippen molar-refractivity contribution in [2.45, 2.75) is 48.4 Å². The summed E-state index contributed by atoms with van der Waals surface area (Å²) in [5.74, 6) is -1.60. The van der Waals surface area contributed by atoms with Crippen LogP contribution in [0.4, 0.5) is 13.2 Å². The van der Waals surface area contributed by atoms with Gasteiger partial charge in [-0.05, 0) is 55.2 Å². The van der Waals surface area contributed by atoms with E-state index in [4.69, 9.17) is 0 Å². The molecule has 1 aromatic heterocycles. The number of carbonyl (C=O) groups is 1. The Kier molecular flexibility index (Phi) is 4.99. The Morgan fingerprint density at radius 3 is 2.25 bits per heavy atom. The van der Waals surface area contributed by atoms with Gasteiger partial charge >= 0.3 is 12.1 Å². The summed E-state index contributed by atoms with van der Waals surface area (Å²) in [5, 5.41) is 9.55. The van der Waals surface area contributed by atoms with Gasteiger partial charge in [0, 0.05) is 11.9 Å². The Balaban J connectivity index is 2.23. The SMILES string of the molecule is Cc1cc(-c2ccc(S(=O)(=O)C3(C(=O)O)CCCC3)c(C(F)(F)F)c2)ccn1. The van der Waals surface area contributed by atoms with Crippen LogP contribution in [0.15, 0.2) is 41.4 Å². The molecule has 9 heteroatoms. The highest BCUT2D eigenvalue weighted by Crippen LogP contribution is 2.45. The number of halogens is 3. The number of aryl methyl sites for hydroxylation is 1. The number of alkyl halides is 3. The van der Waals surface area contributed by atoms with Crippen molar-refractivity contribution in [2.24, 2.45) is 0 Å². The zero-order valence-corrected chi connectivity index (χ0v) is 15.8. The molecule has 0 bridgehead atoms. The molecule has 1 fully saturated rings. The second-order valence-corrected chi connectivity index (χ2v) is 9.13. The van der Waals surface area contributed by atoms with Crippen molar-refractivity contribution in [1.29, 1.82) is 0 Å². The molecule has 0 spiro atoms. The molecule has 0 atom stereocenters. The first kappa shape index (κ1) is 20.3. The van der Waals surface area contributed by atoms with E-state index in [1.807, 2.05) is 0 Å². The average molecular weight is 413 g/mol. The number of aromatic nitrogens is 1. The molecule has 1 heterocycles. The highest BCUT2D eigenvalue weighted by molar-refractivity contribution is 7.93. The van der Waals surface area contributed by atoms with E-state index in [0.717, 1.165) is 12.1 Å². The minimum Gasteiger partial charge on any atom is -0.480 e. The highest BCUT2D eigenvalue weighted by Gasteiger charge is 2.55. The molecule has 0 aliphatic heterocycles. The lowest BCUT2D eigenvalue weighted by molar-refractivity contribution is -0.141. The summed E-state index contributed by atoms with van der Waals surface area (Å²) in [5.41, 5.74) is -0.131. The lowest BCUT2D eigenvalue weighted by atomic mass is 10.0. The van der Waals surface area contributed by atoms with Gasteiger partial charge in [-0.25, -0.2) is 8.42 Å². The fourth-order valence-electron chi connectivity index (χ4n) is 3.64. The van der Waals surface area contributed by atoms with Crippen molar-refractivity contribution in [1.82, 2.24) is 4.98 Å². The van der Waals surface area contributed by atoms with Crippen molar-refractivity contribution in [3.8, 4) is 11.1 Å². The number of hydrogen-bond acceptors (Lipinski definition) is 4. The molecule has 150 valence electrons. The molecule has 3 rings (SSSR count). The van der Waals surface area contributed by atoms with Crippen LogP contribution in [0.25, 0.3) is 11.1 Å². The van der Waals surface area contributed by atoms with Crippen LogP contribution in [0.1, 0.15) is 36.9 Å². The first-order valence-corrected chi connectivity index (χ1v) is 10.1.